The third kappa shape index (κ3) is 6.42. The number of ether oxygens (including phenoxy) is 5. The summed E-state index contributed by atoms with van der Waals surface area (Å²) in [6.45, 7) is 19.5. The van der Waals surface area contributed by atoms with E-state index in [4.69, 9.17) is 23.7 Å². The molecule has 3 rings (SSSR count). The first-order valence-corrected chi connectivity index (χ1v) is 14.1. The van der Waals surface area contributed by atoms with Crippen LogP contribution in [0, 0.1) is 41.4 Å². The number of aliphatic hydroxyl groups excluding tert-OH is 2. The average Bonchev–Trinajstić information content (AvgIpc) is 2.82. The zero-order chi connectivity index (χ0) is 26.0. The fourth-order valence-corrected chi connectivity index (χ4v) is 6.03. The maximum atomic E-state index is 10.4. The lowest BCUT2D eigenvalue weighted by Gasteiger charge is -2.49. The van der Waals surface area contributed by atoms with E-state index in [9.17, 15) is 10.2 Å². The molecular weight excluding hydrogens is 448 g/mol. The second-order valence-corrected chi connectivity index (χ2v) is 11.9. The van der Waals surface area contributed by atoms with Gasteiger partial charge in [0, 0.05) is 23.7 Å². The molecule has 206 valence electrons. The molecule has 2 N–H and O–H groups in total. The van der Waals surface area contributed by atoms with Crippen LogP contribution in [0.5, 0.6) is 0 Å². The minimum atomic E-state index is -0.744. The molecule has 0 aromatic rings. The third-order valence-corrected chi connectivity index (χ3v) is 9.58. The molecule has 35 heavy (non-hydrogen) atoms. The predicted octanol–water partition coefficient (Wildman–Crippen LogP) is 4.58. The first-order valence-electron chi connectivity index (χ1n) is 14.1. The Morgan fingerprint density at radius 1 is 0.686 bits per heavy atom. The lowest BCUT2D eigenvalue weighted by molar-refractivity contribution is -0.323. The fourth-order valence-electron chi connectivity index (χ4n) is 6.03. The van der Waals surface area contributed by atoms with Crippen LogP contribution in [0.3, 0.4) is 0 Å². The van der Waals surface area contributed by atoms with E-state index in [0.29, 0.717) is 12.5 Å². The van der Waals surface area contributed by atoms with Crippen molar-refractivity contribution in [3.8, 4) is 0 Å². The van der Waals surface area contributed by atoms with Gasteiger partial charge < -0.3 is 33.9 Å². The molecule has 15 atom stereocenters. The summed E-state index contributed by atoms with van der Waals surface area (Å²) in [5.41, 5.74) is 0. The van der Waals surface area contributed by atoms with Crippen LogP contribution in [0.2, 0.25) is 0 Å². The molecule has 7 nitrogen and oxygen atoms in total. The van der Waals surface area contributed by atoms with Crippen LogP contribution in [0.25, 0.3) is 0 Å². The quantitative estimate of drug-likeness (QED) is 0.504. The highest BCUT2D eigenvalue weighted by Gasteiger charge is 2.47. The molecule has 3 fully saturated rings. The van der Waals surface area contributed by atoms with Gasteiger partial charge in [-0.25, -0.2) is 0 Å². The number of aliphatic hydroxyl groups is 2. The van der Waals surface area contributed by atoms with Gasteiger partial charge in [0.2, 0.25) is 0 Å². The van der Waals surface area contributed by atoms with Crippen LogP contribution < -0.4 is 0 Å². The molecule has 3 heterocycles. The smallest absolute Gasteiger partial charge is 0.161 e. The van der Waals surface area contributed by atoms with E-state index in [1.807, 2.05) is 13.8 Å². The van der Waals surface area contributed by atoms with Crippen molar-refractivity contribution >= 4 is 0 Å². The summed E-state index contributed by atoms with van der Waals surface area (Å²) in [4.78, 5) is 0. The summed E-state index contributed by atoms with van der Waals surface area (Å²) < 4.78 is 31.4. The van der Waals surface area contributed by atoms with Gasteiger partial charge in [0.05, 0.1) is 37.1 Å². The molecule has 0 spiro atoms. The monoisotopic (exact) mass is 500 g/mol. The van der Waals surface area contributed by atoms with E-state index in [1.54, 1.807) is 0 Å². The van der Waals surface area contributed by atoms with E-state index < -0.39 is 12.4 Å². The maximum absolute atomic E-state index is 10.4. The van der Waals surface area contributed by atoms with Crippen molar-refractivity contribution in [3.63, 3.8) is 0 Å². The molecule has 0 aromatic carbocycles. The molecule has 15 unspecified atom stereocenters. The minimum Gasteiger partial charge on any atom is -0.390 e. The summed E-state index contributed by atoms with van der Waals surface area (Å²) in [5, 5.41) is 20.7. The van der Waals surface area contributed by atoms with Crippen LogP contribution in [-0.4, -0.2) is 66.2 Å². The van der Waals surface area contributed by atoms with Crippen molar-refractivity contribution < 1.29 is 33.9 Å². The van der Waals surface area contributed by atoms with E-state index in [2.05, 4.69) is 48.5 Å². The van der Waals surface area contributed by atoms with Gasteiger partial charge in [-0.3, -0.25) is 0 Å². The fraction of sp³-hybridized carbons (Fsp3) is 1.00. The molecule has 0 amide bonds. The Morgan fingerprint density at radius 2 is 1.31 bits per heavy atom. The van der Waals surface area contributed by atoms with Gasteiger partial charge in [-0.15, -0.1) is 0 Å². The van der Waals surface area contributed by atoms with Crippen molar-refractivity contribution in [2.45, 2.75) is 131 Å². The van der Waals surface area contributed by atoms with Crippen LogP contribution in [0.15, 0.2) is 0 Å². The van der Waals surface area contributed by atoms with Gasteiger partial charge >= 0.3 is 0 Å². The molecule has 0 saturated carbocycles. The third-order valence-electron chi connectivity index (χ3n) is 9.58. The van der Waals surface area contributed by atoms with E-state index >= 15 is 0 Å². The van der Waals surface area contributed by atoms with Gasteiger partial charge in [-0.1, -0.05) is 61.3 Å². The molecule has 0 aliphatic carbocycles. The van der Waals surface area contributed by atoms with E-state index in [1.165, 1.54) is 0 Å². The first-order chi connectivity index (χ1) is 16.5. The molecule has 3 saturated heterocycles. The average molecular weight is 501 g/mol. The predicted molar refractivity (Wildman–Crippen MR) is 134 cm³/mol. The molecule has 0 aromatic heterocycles. The zero-order valence-corrected chi connectivity index (χ0v) is 23.4. The van der Waals surface area contributed by atoms with Crippen molar-refractivity contribution in [1.82, 2.24) is 0 Å². The zero-order valence-electron chi connectivity index (χ0n) is 23.4. The Labute approximate surface area is 213 Å². The largest absolute Gasteiger partial charge is 0.390 e. The highest BCUT2D eigenvalue weighted by molar-refractivity contribution is 4.89. The lowest BCUT2D eigenvalue weighted by atomic mass is 9.78. The molecule has 7 heteroatoms. The van der Waals surface area contributed by atoms with Crippen molar-refractivity contribution in [2.75, 3.05) is 6.61 Å². The molecule has 3 aliphatic rings. The van der Waals surface area contributed by atoms with E-state index in [-0.39, 0.29) is 72.5 Å². The summed E-state index contributed by atoms with van der Waals surface area (Å²) >= 11 is 0. The number of hydrogen-bond acceptors (Lipinski definition) is 7. The summed E-state index contributed by atoms with van der Waals surface area (Å²) in [5.74, 6) is 1.16. The molecule has 3 aliphatic heterocycles. The topological polar surface area (TPSA) is 86.6 Å². The summed E-state index contributed by atoms with van der Waals surface area (Å²) in [7, 11) is 0. The summed E-state index contributed by atoms with van der Waals surface area (Å²) in [6, 6.07) is 0. The normalized spacial score (nSPS) is 51.3. The second-order valence-electron chi connectivity index (χ2n) is 11.9. The summed E-state index contributed by atoms with van der Waals surface area (Å²) in [6.07, 6.45) is 0.667. The Bertz CT molecular complexity index is 647. The Hall–Kier alpha value is -0.280. The highest BCUT2D eigenvalue weighted by atomic mass is 16.7. The van der Waals surface area contributed by atoms with Gasteiger partial charge in [0.15, 0.2) is 18.9 Å². The van der Waals surface area contributed by atoms with Gasteiger partial charge in [-0.2, -0.15) is 0 Å². The molecule has 0 bridgehead atoms. The van der Waals surface area contributed by atoms with Gasteiger partial charge in [0.1, 0.15) is 0 Å². The highest BCUT2D eigenvalue weighted by Crippen LogP contribution is 2.41. The number of unbranched alkanes of at least 4 members (excludes halogenated alkanes) is 1. The molecule has 0 radical (unpaired) electrons. The van der Waals surface area contributed by atoms with Crippen LogP contribution >= 0.6 is 0 Å². The van der Waals surface area contributed by atoms with Crippen LogP contribution in [-0.2, 0) is 23.7 Å². The van der Waals surface area contributed by atoms with Crippen LogP contribution in [0.4, 0.5) is 0 Å². The first kappa shape index (κ1) is 29.3. The van der Waals surface area contributed by atoms with Crippen molar-refractivity contribution in [1.29, 1.82) is 0 Å². The minimum absolute atomic E-state index is 0.00792. The Kier molecular flexibility index (Phi) is 10.5. The number of rotatable bonds is 8. The van der Waals surface area contributed by atoms with Crippen molar-refractivity contribution in [2.24, 2.45) is 41.4 Å². The SMILES string of the molecule is CCCCC1OC(O)C(C)C(C)C1OC1OC(C)C(COC2OC(C)C(O)C(C)C2C)C(C)C1C. The van der Waals surface area contributed by atoms with Crippen LogP contribution in [0.1, 0.15) is 81.6 Å². The lowest BCUT2D eigenvalue weighted by Crippen LogP contribution is -2.55. The Balaban J connectivity index is 1.62. The van der Waals surface area contributed by atoms with E-state index in [0.717, 1.165) is 19.3 Å². The van der Waals surface area contributed by atoms with Gasteiger partial charge in [0.25, 0.3) is 0 Å². The standard InChI is InChI=1S/C28H52O7/c1-10-11-12-23-25(16(4)17(5)26(30)34-23)35-28-18(6)14(2)22(20(8)32-28)13-31-27-19(7)15(3)24(29)21(9)33-27/h14-30H,10-13H2,1-9H3. The Morgan fingerprint density at radius 3 is 1.97 bits per heavy atom. The maximum Gasteiger partial charge on any atom is 0.161 e. The van der Waals surface area contributed by atoms with Crippen molar-refractivity contribution in [3.05, 3.63) is 0 Å². The molecular formula is C28H52O7. The number of hydrogen-bond donors (Lipinski definition) is 2. The van der Waals surface area contributed by atoms with Gasteiger partial charge in [-0.05, 0) is 38.0 Å². The second kappa shape index (κ2) is 12.5.